The number of anilines is 2. The van der Waals surface area contributed by atoms with Gasteiger partial charge in [0.25, 0.3) is 0 Å². The number of aromatic nitrogens is 1. The largest absolute Gasteiger partial charge is 0.397 e. The van der Waals surface area contributed by atoms with Gasteiger partial charge in [0.1, 0.15) is 11.6 Å². The fourth-order valence-corrected chi connectivity index (χ4v) is 1.90. The van der Waals surface area contributed by atoms with E-state index >= 15 is 0 Å². The number of nitrogens with zero attached hydrogens (tertiary/aromatic N) is 1. The summed E-state index contributed by atoms with van der Waals surface area (Å²) in [5.74, 6) is 0.227. The van der Waals surface area contributed by atoms with Crippen molar-refractivity contribution in [3.05, 3.63) is 52.9 Å². The molecule has 5 heteroatoms. The molecule has 1 unspecified atom stereocenters. The first kappa shape index (κ1) is 12.6. The van der Waals surface area contributed by atoms with Gasteiger partial charge in [0.15, 0.2) is 0 Å². The van der Waals surface area contributed by atoms with Gasteiger partial charge in [-0.05, 0) is 19.1 Å². The highest BCUT2D eigenvalue weighted by Crippen LogP contribution is 2.26. The normalized spacial score (nSPS) is 12.2. The van der Waals surface area contributed by atoms with E-state index in [0.29, 0.717) is 22.1 Å². The van der Waals surface area contributed by atoms with Crippen molar-refractivity contribution in [1.82, 2.24) is 4.98 Å². The molecule has 1 aromatic heterocycles. The van der Waals surface area contributed by atoms with Gasteiger partial charge in [-0.15, -0.1) is 0 Å². The van der Waals surface area contributed by atoms with E-state index in [1.807, 2.05) is 6.92 Å². The minimum absolute atomic E-state index is 0.236. The van der Waals surface area contributed by atoms with E-state index in [2.05, 4.69) is 10.3 Å². The van der Waals surface area contributed by atoms with E-state index < -0.39 is 0 Å². The van der Waals surface area contributed by atoms with Crippen LogP contribution in [0.1, 0.15) is 18.5 Å². The maximum absolute atomic E-state index is 13.6. The number of benzene rings is 1. The quantitative estimate of drug-likeness (QED) is 0.891. The summed E-state index contributed by atoms with van der Waals surface area (Å²) in [7, 11) is 0. The molecule has 2 rings (SSSR count). The molecule has 0 fully saturated rings. The smallest absolute Gasteiger partial charge is 0.145 e. The Kier molecular flexibility index (Phi) is 3.67. The Labute approximate surface area is 110 Å². The summed E-state index contributed by atoms with van der Waals surface area (Å²) in [5, 5.41) is 3.47. The SMILES string of the molecule is CC(Nc1ncc(N)cc1Cl)c1ccccc1F. The lowest BCUT2D eigenvalue weighted by Crippen LogP contribution is -2.10. The standard InChI is InChI=1S/C13H13ClFN3/c1-8(10-4-2-3-5-12(10)15)18-13-11(14)6-9(16)7-17-13/h2-8H,16H2,1H3,(H,17,18). The molecule has 0 spiro atoms. The third-order valence-corrected chi connectivity index (χ3v) is 2.88. The molecule has 94 valence electrons. The third-order valence-electron chi connectivity index (χ3n) is 2.59. The predicted octanol–water partition coefficient (Wildman–Crippen LogP) is 3.63. The molecule has 0 aliphatic heterocycles. The Morgan fingerprint density at radius 2 is 2.11 bits per heavy atom. The third kappa shape index (κ3) is 2.71. The van der Waals surface area contributed by atoms with Gasteiger partial charge in [-0.2, -0.15) is 0 Å². The lowest BCUT2D eigenvalue weighted by atomic mass is 10.1. The van der Waals surface area contributed by atoms with Crippen LogP contribution in [0.5, 0.6) is 0 Å². The number of rotatable bonds is 3. The van der Waals surface area contributed by atoms with Crippen molar-refractivity contribution >= 4 is 23.1 Å². The van der Waals surface area contributed by atoms with E-state index in [9.17, 15) is 4.39 Å². The molecule has 0 aliphatic rings. The summed E-state index contributed by atoms with van der Waals surface area (Å²) >= 11 is 6.00. The lowest BCUT2D eigenvalue weighted by molar-refractivity contribution is 0.600. The predicted molar refractivity (Wildman–Crippen MR) is 72.1 cm³/mol. The van der Waals surface area contributed by atoms with Crippen molar-refractivity contribution in [2.75, 3.05) is 11.1 Å². The Balaban J connectivity index is 2.21. The summed E-state index contributed by atoms with van der Waals surface area (Å²) in [6.45, 7) is 1.84. The molecule has 3 nitrogen and oxygen atoms in total. The van der Waals surface area contributed by atoms with Gasteiger partial charge in [0.2, 0.25) is 0 Å². The van der Waals surface area contributed by atoms with Gasteiger partial charge in [0, 0.05) is 5.56 Å². The molecule has 1 aromatic carbocycles. The minimum atomic E-state index is -0.260. The first-order valence-electron chi connectivity index (χ1n) is 5.50. The van der Waals surface area contributed by atoms with Crippen LogP contribution in [0.4, 0.5) is 15.9 Å². The highest BCUT2D eigenvalue weighted by Gasteiger charge is 2.12. The Bertz CT molecular complexity index is 560. The van der Waals surface area contributed by atoms with Crippen LogP contribution in [0.3, 0.4) is 0 Å². The van der Waals surface area contributed by atoms with Gasteiger partial charge in [-0.25, -0.2) is 9.37 Å². The van der Waals surface area contributed by atoms with Crippen molar-refractivity contribution in [2.45, 2.75) is 13.0 Å². The first-order chi connectivity index (χ1) is 8.58. The first-order valence-corrected chi connectivity index (χ1v) is 5.87. The molecule has 1 heterocycles. The van der Waals surface area contributed by atoms with Crippen LogP contribution in [0.15, 0.2) is 36.5 Å². The summed E-state index contributed by atoms with van der Waals surface area (Å²) in [6.07, 6.45) is 1.50. The van der Waals surface area contributed by atoms with Crippen LogP contribution < -0.4 is 11.1 Å². The average molecular weight is 266 g/mol. The topological polar surface area (TPSA) is 50.9 Å². The number of nitrogen functional groups attached to an aromatic ring is 1. The molecule has 3 N–H and O–H groups in total. The van der Waals surface area contributed by atoms with Crippen LogP contribution in [-0.4, -0.2) is 4.98 Å². The van der Waals surface area contributed by atoms with Gasteiger partial charge in [-0.3, -0.25) is 0 Å². The molecule has 1 atom stereocenters. The monoisotopic (exact) mass is 265 g/mol. The molecule has 18 heavy (non-hydrogen) atoms. The van der Waals surface area contributed by atoms with E-state index in [4.69, 9.17) is 17.3 Å². The number of hydrogen-bond acceptors (Lipinski definition) is 3. The van der Waals surface area contributed by atoms with Gasteiger partial charge >= 0.3 is 0 Å². The van der Waals surface area contributed by atoms with Gasteiger partial charge in [0.05, 0.1) is 22.9 Å². The van der Waals surface area contributed by atoms with Crippen molar-refractivity contribution < 1.29 is 4.39 Å². The molecule has 0 aliphatic carbocycles. The summed E-state index contributed by atoms with van der Waals surface area (Å²) < 4.78 is 13.6. The fourth-order valence-electron chi connectivity index (χ4n) is 1.67. The molecular weight excluding hydrogens is 253 g/mol. The Morgan fingerprint density at radius 3 is 2.78 bits per heavy atom. The summed E-state index contributed by atoms with van der Waals surface area (Å²) in [5.41, 5.74) is 6.61. The maximum atomic E-state index is 13.6. The minimum Gasteiger partial charge on any atom is -0.397 e. The molecule has 0 amide bonds. The number of nitrogens with one attached hydrogen (secondary N) is 1. The maximum Gasteiger partial charge on any atom is 0.145 e. The van der Waals surface area contributed by atoms with Crippen LogP contribution in [-0.2, 0) is 0 Å². The summed E-state index contributed by atoms with van der Waals surface area (Å²) in [6, 6.07) is 7.95. The van der Waals surface area contributed by atoms with Crippen LogP contribution in [0.2, 0.25) is 5.02 Å². The zero-order valence-corrected chi connectivity index (χ0v) is 10.6. The zero-order chi connectivity index (χ0) is 13.1. The van der Waals surface area contributed by atoms with Crippen LogP contribution >= 0.6 is 11.6 Å². The number of halogens is 2. The second kappa shape index (κ2) is 5.23. The Morgan fingerprint density at radius 1 is 1.39 bits per heavy atom. The number of nitrogens with two attached hydrogens (primary N) is 1. The molecule has 0 bridgehead atoms. The summed E-state index contributed by atoms with van der Waals surface area (Å²) in [4.78, 5) is 4.08. The van der Waals surface area contributed by atoms with E-state index in [1.54, 1.807) is 24.3 Å². The molecular formula is C13H13ClFN3. The molecule has 2 aromatic rings. The van der Waals surface area contributed by atoms with E-state index in [0.717, 1.165) is 0 Å². The Hall–Kier alpha value is -1.81. The molecule has 0 saturated heterocycles. The van der Waals surface area contributed by atoms with Gasteiger partial charge in [-0.1, -0.05) is 29.8 Å². The van der Waals surface area contributed by atoms with Crippen molar-refractivity contribution in [1.29, 1.82) is 0 Å². The number of hydrogen-bond donors (Lipinski definition) is 2. The van der Waals surface area contributed by atoms with Crippen LogP contribution in [0.25, 0.3) is 0 Å². The average Bonchev–Trinajstić information content (AvgIpc) is 2.33. The fraction of sp³-hybridized carbons (Fsp3) is 0.154. The van der Waals surface area contributed by atoms with E-state index in [-0.39, 0.29) is 11.9 Å². The van der Waals surface area contributed by atoms with E-state index in [1.165, 1.54) is 12.3 Å². The molecule has 0 radical (unpaired) electrons. The highest BCUT2D eigenvalue weighted by molar-refractivity contribution is 6.33. The van der Waals surface area contributed by atoms with Gasteiger partial charge < -0.3 is 11.1 Å². The highest BCUT2D eigenvalue weighted by atomic mass is 35.5. The number of pyridine rings is 1. The van der Waals surface area contributed by atoms with Crippen molar-refractivity contribution in [3.63, 3.8) is 0 Å². The van der Waals surface area contributed by atoms with Crippen molar-refractivity contribution in [3.8, 4) is 0 Å². The molecule has 0 saturated carbocycles. The van der Waals surface area contributed by atoms with Crippen LogP contribution in [0, 0.1) is 5.82 Å². The van der Waals surface area contributed by atoms with Crippen molar-refractivity contribution in [2.24, 2.45) is 0 Å². The zero-order valence-electron chi connectivity index (χ0n) is 9.82. The lowest BCUT2D eigenvalue weighted by Gasteiger charge is -2.16. The second-order valence-electron chi connectivity index (χ2n) is 3.99. The second-order valence-corrected chi connectivity index (χ2v) is 4.39.